The number of nitrogens with two attached hydrogens (primary N) is 1. The number of carbonyl (C=O) groups excluding carboxylic acids is 1. The minimum absolute atomic E-state index is 0. The van der Waals surface area contributed by atoms with E-state index in [0.29, 0.717) is 13.2 Å². The highest BCUT2D eigenvalue weighted by atomic mass is 35.5. The van der Waals surface area contributed by atoms with Crippen molar-refractivity contribution in [3.8, 4) is 0 Å². The minimum atomic E-state index is -0.0494. The molecule has 0 aromatic heterocycles. The second-order valence-electron chi connectivity index (χ2n) is 5.28. The van der Waals surface area contributed by atoms with Gasteiger partial charge in [-0.05, 0) is 31.9 Å². The Kier molecular flexibility index (Phi) is 5.99. The fourth-order valence-electron chi connectivity index (χ4n) is 2.52. The molecule has 5 heteroatoms. The van der Waals surface area contributed by atoms with E-state index in [4.69, 9.17) is 10.5 Å². The predicted octanol–water partition coefficient (Wildman–Crippen LogP) is 1.97. The van der Waals surface area contributed by atoms with Crippen molar-refractivity contribution in [2.75, 3.05) is 19.7 Å². The van der Waals surface area contributed by atoms with Gasteiger partial charge in [0, 0.05) is 0 Å². The number of morpholine rings is 1. The lowest BCUT2D eigenvalue weighted by atomic mass is 9.99. The molecule has 0 bridgehead atoms. The van der Waals surface area contributed by atoms with E-state index in [0.717, 1.165) is 0 Å². The van der Waals surface area contributed by atoms with E-state index in [2.05, 4.69) is 32.0 Å². The van der Waals surface area contributed by atoms with Gasteiger partial charge in [-0.3, -0.25) is 4.79 Å². The van der Waals surface area contributed by atoms with Crippen LogP contribution >= 0.6 is 12.4 Å². The number of hydrogen-bond acceptors (Lipinski definition) is 3. The van der Waals surface area contributed by atoms with E-state index in [-0.39, 0.29) is 37.0 Å². The number of aryl methyl sites for hydroxylation is 2. The van der Waals surface area contributed by atoms with Crippen molar-refractivity contribution < 1.29 is 9.53 Å². The van der Waals surface area contributed by atoms with E-state index in [1.807, 2.05) is 11.8 Å². The molecule has 2 rings (SSSR count). The van der Waals surface area contributed by atoms with Crippen LogP contribution in [-0.4, -0.2) is 36.5 Å². The van der Waals surface area contributed by atoms with Gasteiger partial charge in [0.25, 0.3) is 0 Å². The van der Waals surface area contributed by atoms with E-state index in [1.54, 1.807) is 0 Å². The van der Waals surface area contributed by atoms with Gasteiger partial charge in [0.1, 0.15) is 6.10 Å². The Balaban J connectivity index is 0.00000200. The second-order valence-corrected chi connectivity index (χ2v) is 5.28. The normalized spacial score (nSPS) is 22.3. The predicted molar refractivity (Wildman–Crippen MR) is 82.1 cm³/mol. The molecule has 20 heavy (non-hydrogen) atoms. The molecule has 4 nitrogen and oxygen atoms in total. The van der Waals surface area contributed by atoms with Crippen LogP contribution in [0.15, 0.2) is 18.2 Å². The molecule has 1 aromatic rings. The number of nitrogens with zero attached hydrogens (tertiary/aromatic N) is 1. The van der Waals surface area contributed by atoms with Crippen LogP contribution in [0, 0.1) is 13.8 Å². The van der Waals surface area contributed by atoms with Gasteiger partial charge in [-0.25, -0.2) is 0 Å². The molecule has 1 heterocycles. The first-order valence-corrected chi connectivity index (χ1v) is 6.71. The van der Waals surface area contributed by atoms with Crippen molar-refractivity contribution >= 4 is 18.3 Å². The zero-order valence-electron chi connectivity index (χ0n) is 12.3. The summed E-state index contributed by atoms with van der Waals surface area (Å²) in [5.41, 5.74) is 9.05. The molecule has 1 aromatic carbocycles. The molecule has 0 spiro atoms. The van der Waals surface area contributed by atoms with Crippen LogP contribution in [0.1, 0.15) is 29.7 Å². The third kappa shape index (κ3) is 3.51. The molecular weight excluding hydrogens is 276 g/mol. The van der Waals surface area contributed by atoms with Gasteiger partial charge in [0.05, 0.1) is 25.7 Å². The lowest BCUT2D eigenvalue weighted by molar-refractivity contribution is -0.142. The van der Waals surface area contributed by atoms with Crippen LogP contribution in [0.25, 0.3) is 0 Å². The summed E-state index contributed by atoms with van der Waals surface area (Å²) in [6.07, 6.45) is -0.0494. The summed E-state index contributed by atoms with van der Waals surface area (Å²) < 4.78 is 5.90. The number of carbonyl (C=O) groups is 1. The first-order chi connectivity index (χ1) is 9.02. The van der Waals surface area contributed by atoms with Gasteiger partial charge in [0.2, 0.25) is 5.91 Å². The Morgan fingerprint density at radius 3 is 2.80 bits per heavy atom. The molecule has 2 unspecified atom stereocenters. The van der Waals surface area contributed by atoms with Crippen molar-refractivity contribution in [3.63, 3.8) is 0 Å². The fraction of sp³-hybridized carbons (Fsp3) is 0.533. The molecule has 1 amide bonds. The van der Waals surface area contributed by atoms with Crippen LogP contribution in [0.2, 0.25) is 0 Å². The summed E-state index contributed by atoms with van der Waals surface area (Å²) in [5, 5.41) is 0. The third-order valence-corrected chi connectivity index (χ3v) is 3.71. The summed E-state index contributed by atoms with van der Waals surface area (Å²) in [6, 6.07) is 6.42. The average Bonchev–Trinajstić information content (AvgIpc) is 2.41. The highest BCUT2D eigenvalue weighted by Gasteiger charge is 2.30. The van der Waals surface area contributed by atoms with Gasteiger partial charge in [-0.1, -0.05) is 23.8 Å². The maximum Gasteiger partial charge on any atom is 0.236 e. The third-order valence-electron chi connectivity index (χ3n) is 3.71. The Morgan fingerprint density at radius 2 is 2.15 bits per heavy atom. The topological polar surface area (TPSA) is 55.6 Å². The number of hydrogen-bond donors (Lipinski definition) is 1. The van der Waals surface area contributed by atoms with Gasteiger partial charge in [-0.2, -0.15) is 0 Å². The number of benzene rings is 1. The summed E-state index contributed by atoms with van der Waals surface area (Å²) >= 11 is 0. The Morgan fingerprint density at radius 1 is 1.45 bits per heavy atom. The SMILES string of the molecule is Cc1ccc(C)c(C2CN(C(=O)CN)C(C)CO2)c1.Cl. The number of rotatable bonds is 2. The van der Waals surface area contributed by atoms with Gasteiger partial charge < -0.3 is 15.4 Å². The molecule has 2 atom stereocenters. The quantitative estimate of drug-likeness (QED) is 0.908. The molecule has 1 fully saturated rings. The van der Waals surface area contributed by atoms with Crippen LogP contribution in [0.3, 0.4) is 0 Å². The van der Waals surface area contributed by atoms with E-state index < -0.39 is 0 Å². The minimum Gasteiger partial charge on any atom is -0.370 e. The second kappa shape index (κ2) is 7.07. The Bertz CT molecular complexity index is 479. The molecular formula is C15H23ClN2O2. The fourth-order valence-corrected chi connectivity index (χ4v) is 2.52. The molecule has 0 radical (unpaired) electrons. The molecule has 0 aliphatic carbocycles. The molecule has 1 aliphatic rings. The van der Waals surface area contributed by atoms with E-state index in [1.165, 1.54) is 16.7 Å². The van der Waals surface area contributed by atoms with E-state index >= 15 is 0 Å². The van der Waals surface area contributed by atoms with Crippen molar-refractivity contribution in [2.24, 2.45) is 5.73 Å². The Labute approximate surface area is 126 Å². The number of halogens is 1. The standard InChI is InChI=1S/C15H22N2O2.ClH/c1-10-4-5-11(2)13(6-10)14-8-17(15(18)7-16)12(3)9-19-14;/h4-6,12,14H,7-9,16H2,1-3H3;1H. The lowest BCUT2D eigenvalue weighted by Crippen LogP contribution is -2.50. The highest BCUT2D eigenvalue weighted by Crippen LogP contribution is 2.27. The maximum atomic E-state index is 11.9. The highest BCUT2D eigenvalue weighted by molar-refractivity contribution is 5.85. The van der Waals surface area contributed by atoms with E-state index in [9.17, 15) is 4.79 Å². The zero-order chi connectivity index (χ0) is 14.0. The van der Waals surface area contributed by atoms with Crippen molar-refractivity contribution in [1.82, 2.24) is 4.90 Å². The van der Waals surface area contributed by atoms with Gasteiger partial charge >= 0.3 is 0 Å². The van der Waals surface area contributed by atoms with Crippen LogP contribution < -0.4 is 5.73 Å². The van der Waals surface area contributed by atoms with Crippen LogP contribution in [-0.2, 0) is 9.53 Å². The van der Waals surface area contributed by atoms with Crippen molar-refractivity contribution in [2.45, 2.75) is 32.9 Å². The van der Waals surface area contributed by atoms with Gasteiger partial charge in [0.15, 0.2) is 0 Å². The number of ether oxygens (including phenoxy) is 1. The molecule has 112 valence electrons. The summed E-state index contributed by atoms with van der Waals surface area (Å²) in [5.74, 6) is -0.00824. The van der Waals surface area contributed by atoms with Crippen LogP contribution in [0.5, 0.6) is 0 Å². The largest absolute Gasteiger partial charge is 0.370 e. The molecule has 1 saturated heterocycles. The average molecular weight is 299 g/mol. The zero-order valence-corrected chi connectivity index (χ0v) is 13.1. The molecule has 2 N–H and O–H groups in total. The van der Waals surface area contributed by atoms with Crippen LogP contribution in [0.4, 0.5) is 0 Å². The Hall–Kier alpha value is -1.10. The molecule has 0 saturated carbocycles. The first-order valence-electron chi connectivity index (χ1n) is 6.71. The van der Waals surface area contributed by atoms with Gasteiger partial charge in [-0.15, -0.1) is 12.4 Å². The maximum absolute atomic E-state index is 11.9. The van der Waals surface area contributed by atoms with Crippen molar-refractivity contribution in [3.05, 3.63) is 34.9 Å². The van der Waals surface area contributed by atoms with Crippen molar-refractivity contribution in [1.29, 1.82) is 0 Å². The summed E-state index contributed by atoms with van der Waals surface area (Å²) in [4.78, 5) is 13.7. The summed E-state index contributed by atoms with van der Waals surface area (Å²) in [7, 11) is 0. The summed E-state index contributed by atoms with van der Waals surface area (Å²) in [6.45, 7) is 7.34. The molecule has 1 aliphatic heterocycles. The number of amides is 1. The lowest BCUT2D eigenvalue weighted by Gasteiger charge is -2.38. The smallest absolute Gasteiger partial charge is 0.236 e. The first kappa shape index (κ1) is 17.0. The monoisotopic (exact) mass is 298 g/mol.